The molecule has 126 valence electrons. The largest absolute Gasteiger partial charge is 0.478 e. The topological polar surface area (TPSA) is 92.5 Å². The molecule has 6 nitrogen and oxygen atoms in total. The van der Waals surface area contributed by atoms with Gasteiger partial charge in [-0.15, -0.1) is 0 Å². The van der Waals surface area contributed by atoms with Crippen LogP contribution in [-0.4, -0.2) is 16.0 Å². The number of fused-ring (bicyclic) bond motifs is 3. The van der Waals surface area contributed by atoms with Crippen LogP contribution in [0.5, 0.6) is 0 Å². The first-order chi connectivity index (χ1) is 12.0. The molecule has 3 atom stereocenters. The molecule has 0 aromatic heterocycles. The van der Waals surface area contributed by atoms with E-state index in [9.17, 15) is 20.0 Å². The third kappa shape index (κ3) is 2.55. The average molecular weight is 336 g/mol. The van der Waals surface area contributed by atoms with Crippen LogP contribution in [0.15, 0.2) is 54.6 Å². The molecule has 1 aliphatic heterocycles. The Morgan fingerprint density at radius 3 is 2.64 bits per heavy atom. The maximum atomic E-state index is 11.3. The molecular weight excluding hydrogens is 320 g/mol. The van der Waals surface area contributed by atoms with Crippen LogP contribution in [0, 0.1) is 16.0 Å². The molecule has 0 saturated heterocycles. The van der Waals surface area contributed by atoms with Crippen molar-refractivity contribution in [3.63, 3.8) is 0 Å². The molecule has 0 spiro atoms. The minimum Gasteiger partial charge on any atom is -0.478 e. The first kappa shape index (κ1) is 15.4. The molecule has 1 aliphatic carbocycles. The van der Waals surface area contributed by atoms with E-state index < -0.39 is 10.9 Å². The van der Waals surface area contributed by atoms with Gasteiger partial charge >= 0.3 is 5.97 Å². The fraction of sp³-hybridized carbons (Fsp3) is 0.211. The van der Waals surface area contributed by atoms with Gasteiger partial charge in [0.1, 0.15) is 0 Å². The minimum absolute atomic E-state index is 0.0163. The molecular formula is C19H16N2O4. The lowest BCUT2D eigenvalue weighted by Gasteiger charge is -2.37. The summed E-state index contributed by atoms with van der Waals surface area (Å²) in [6.45, 7) is 0. The van der Waals surface area contributed by atoms with Crippen LogP contribution < -0.4 is 5.32 Å². The molecule has 2 aliphatic rings. The monoisotopic (exact) mass is 336 g/mol. The van der Waals surface area contributed by atoms with Crippen molar-refractivity contribution in [2.75, 3.05) is 5.32 Å². The Labute approximate surface area is 144 Å². The van der Waals surface area contributed by atoms with Crippen molar-refractivity contribution >= 4 is 17.3 Å². The maximum Gasteiger partial charge on any atom is 0.335 e. The van der Waals surface area contributed by atoms with E-state index in [4.69, 9.17) is 0 Å². The SMILES string of the molecule is O=C(O)c1ccc2c(c1)N[C@H](c1ccc([N+](=O)[O-])cc1)[C@H]1CC=C[C@H]21. The highest BCUT2D eigenvalue weighted by Gasteiger charge is 2.38. The van der Waals surface area contributed by atoms with E-state index in [1.54, 1.807) is 24.3 Å². The number of aromatic carboxylic acids is 1. The fourth-order valence-electron chi connectivity index (χ4n) is 3.86. The van der Waals surface area contributed by atoms with E-state index in [0.717, 1.165) is 23.2 Å². The quantitative estimate of drug-likeness (QED) is 0.500. The molecule has 1 heterocycles. The van der Waals surface area contributed by atoms with Gasteiger partial charge < -0.3 is 10.4 Å². The number of rotatable bonds is 3. The third-order valence-corrected chi connectivity index (χ3v) is 5.07. The van der Waals surface area contributed by atoms with Crippen LogP contribution in [0.3, 0.4) is 0 Å². The second kappa shape index (κ2) is 5.73. The number of nitro benzene ring substituents is 1. The highest BCUT2D eigenvalue weighted by Crippen LogP contribution is 2.49. The van der Waals surface area contributed by atoms with Crippen LogP contribution in [0.2, 0.25) is 0 Å². The average Bonchev–Trinajstić information content (AvgIpc) is 3.10. The molecule has 6 heteroatoms. The molecule has 0 bridgehead atoms. The lowest BCUT2D eigenvalue weighted by molar-refractivity contribution is -0.384. The van der Waals surface area contributed by atoms with Gasteiger partial charge in [-0.05, 0) is 35.6 Å². The molecule has 0 unspecified atom stereocenters. The summed E-state index contributed by atoms with van der Waals surface area (Å²) in [6.07, 6.45) is 5.23. The number of anilines is 1. The minimum atomic E-state index is -0.958. The number of hydrogen-bond acceptors (Lipinski definition) is 4. The van der Waals surface area contributed by atoms with Crippen molar-refractivity contribution < 1.29 is 14.8 Å². The number of nitro groups is 1. The highest BCUT2D eigenvalue weighted by molar-refractivity contribution is 5.89. The molecule has 0 amide bonds. The number of hydrogen-bond donors (Lipinski definition) is 2. The van der Waals surface area contributed by atoms with Gasteiger partial charge in [0, 0.05) is 23.7 Å². The zero-order valence-electron chi connectivity index (χ0n) is 13.3. The lowest BCUT2D eigenvalue weighted by Crippen LogP contribution is -2.29. The van der Waals surface area contributed by atoms with Crippen molar-refractivity contribution in [2.45, 2.75) is 18.4 Å². The van der Waals surface area contributed by atoms with E-state index >= 15 is 0 Å². The van der Waals surface area contributed by atoms with Gasteiger partial charge in [0.05, 0.1) is 16.5 Å². The van der Waals surface area contributed by atoms with E-state index in [2.05, 4.69) is 17.5 Å². The summed E-state index contributed by atoms with van der Waals surface area (Å²) in [4.78, 5) is 21.7. The van der Waals surface area contributed by atoms with Gasteiger partial charge in [-0.25, -0.2) is 4.79 Å². The van der Waals surface area contributed by atoms with Crippen molar-refractivity contribution in [2.24, 2.45) is 5.92 Å². The normalized spacial score (nSPS) is 23.4. The van der Waals surface area contributed by atoms with E-state index in [1.807, 2.05) is 6.07 Å². The number of benzene rings is 2. The molecule has 4 rings (SSSR count). The summed E-state index contributed by atoms with van der Waals surface area (Å²) in [7, 11) is 0. The van der Waals surface area contributed by atoms with E-state index in [1.165, 1.54) is 12.1 Å². The second-order valence-electron chi connectivity index (χ2n) is 6.43. The first-order valence-electron chi connectivity index (χ1n) is 8.09. The molecule has 25 heavy (non-hydrogen) atoms. The Morgan fingerprint density at radius 2 is 1.96 bits per heavy atom. The van der Waals surface area contributed by atoms with Crippen LogP contribution in [0.1, 0.15) is 39.9 Å². The van der Waals surface area contributed by atoms with Crippen molar-refractivity contribution in [3.8, 4) is 0 Å². The third-order valence-electron chi connectivity index (χ3n) is 5.07. The maximum absolute atomic E-state index is 11.3. The Morgan fingerprint density at radius 1 is 1.20 bits per heavy atom. The Hall–Kier alpha value is -3.15. The Balaban J connectivity index is 1.74. The summed E-state index contributed by atoms with van der Waals surface area (Å²) in [5, 5.41) is 23.5. The fourth-order valence-corrected chi connectivity index (χ4v) is 3.86. The summed E-state index contributed by atoms with van der Waals surface area (Å²) < 4.78 is 0. The second-order valence-corrected chi connectivity index (χ2v) is 6.43. The smallest absolute Gasteiger partial charge is 0.335 e. The van der Waals surface area contributed by atoms with Crippen LogP contribution in [0.25, 0.3) is 0 Å². The highest BCUT2D eigenvalue weighted by atomic mass is 16.6. The predicted octanol–water partition coefficient (Wildman–Crippen LogP) is 4.12. The van der Waals surface area contributed by atoms with Gasteiger partial charge in [0.25, 0.3) is 5.69 Å². The van der Waals surface area contributed by atoms with Crippen molar-refractivity contribution in [3.05, 3.63) is 81.4 Å². The molecule has 2 N–H and O–H groups in total. The van der Waals surface area contributed by atoms with E-state index in [0.29, 0.717) is 5.92 Å². The summed E-state index contributed by atoms with van der Waals surface area (Å²) in [5.74, 6) is -0.426. The molecule has 0 saturated carbocycles. The molecule has 0 radical (unpaired) electrons. The molecule has 2 aromatic carbocycles. The van der Waals surface area contributed by atoms with Gasteiger partial charge in [0.15, 0.2) is 0 Å². The number of carboxylic acids is 1. The number of carboxylic acid groups (broad SMARTS) is 1. The zero-order valence-corrected chi connectivity index (χ0v) is 13.3. The zero-order chi connectivity index (χ0) is 17.6. The van der Waals surface area contributed by atoms with Crippen molar-refractivity contribution in [1.82, 2.24) is 0 Å². The van der Waals surface area contributed by atoms with Gasteiger partial charge in [0.2, 0.25) is 0 Å². The molecule has 2 aromatic rings. The van der Waals surface area contributed by atoms with Crippen LogP contribution >= 0.6 is 0 Å². The summed E-state index contributed by atoms with van der Waals surface area (Å²) in [5.41, 5.74) is 3.19. The predicted molar refractivity (Wildman–Crippen MR) is 92.8 cm³/mol. The standard InChI is InChI=1S/C19H16N2O4/c22-19(23)12-6-9-15-14-2-1-3-16(14)18(20-17(15)10-12)11-4-7-13(8-5-11)21(24)25/h1-2,4-10,14,16,18,20H,3H2,(H,22,23)/t14-,16+,18-/m1/s1. The number of non-ortho nitro benzene ring substituents is 1. The lowest BCUT2D eigenvalue weighted by atomic mass is 9.77. The summed E-state index contributed by atoms with van der Waals surface area (Å²) in [6, 6.07) is 11.7. The summed E-state index contributed by atoms with van der Waals surface area (Å²) >= 11 is 0. The first-order valence-corrected chi connectivity index (χ1v) is 8.09. The number of nitrogens with zero attached hydrogens (tertiary/aromatic N) is 1. The van der Waals surface area contributed by atoms with E-state index in [-0.39, 0.29) is 23.2 Å². The number of carbonyl (C=O) groups is 1. The van der Waals surface area contributed by atoms with Crippen LogP contribution in [-0.2, 0) is 0 Å². The molecule has 0 fully saturated rings. The number of allylic oxidation sites excluding steroid dienone is 2. The van der Waals surface area contributed by atoms with Crippen LogP contribution in [0.4, 0.5) is 11.4 Å². The van der Waals surface area contributed by atoms with Crippen molar-refractivity contribution in [1.29, 1.82) is 0 Å². The van der Waals surface area contributed by atoms with Gasteiger partial charge in [-0.3, -0.25) is 10.1 Å². The van der Waals surface area contributed by atoms with Gasteiger partial charge in [-0.1, -0.05) is 30.4 Å². The Kier molecular flexibility index (Phi) is 3.53. The number of nitrogens with one attached hydrogen (secondary N) is 1. The Bertz CT molecular complexity index is 889. The van der Waals surface area contributed by atoms with Gasteiger partial charge in [-0.2, -0.15) is 0 Å².